The van der Waals surface area contributed by atoms with Gasteiger partial charge in [0.25, 0.3) is 5.91 Å². The van der Waals surface area contributed by atoms with Gasteiger partial charge in [-0.25, -0.2) is 0 Å². The quantitative estimate of drug-likeness (QED) is 0.829. The number of carbonyl (C=O) groups is 1. The lowest BCUT2D eigenvalue weighted by atomic mass is 10.1. The summed E-state index contributed by atoms with van der Waals surface area (Å²) in [6.07, 6.45) is 0. The first-order valence-electron chi connectivity index (χ1n) is 6.62. The molecule has 3 N–H and O–H groups in total. The van der Waals surface area contributed by atoms with E-state index in [0.29, 0.717) is 35.0 Å². The molecule has 2 aromatic carbocycles. The molecular formula is C16H18N2O3. The summed E-state index contributed by atoms with van der Waals surface area (Å²) in [5.41, 5.74) is 7.19. The highest BCUT2D eigenvalue weighted by Gasteiger charge is 2.16. The first-order valence-corrected chi connectivity index (χ1v) is 6.62. The van der Waals surface area contributed by atoms with Gasteiger partial charge in [0.2, 0.25) is 0 Å². The Bertz CT molecular complexity index is 641. The fourth-order valence-corrected chi connectivity index (χ4v) is 1.99. The van der Waals surface area contributed by atoms with Crippen molar-refractivity contribution in [2.24, 2.45) is 0 Å². The van der Waals surface area contributed by atoms with Crippen LogP contribution in [0.1, 0.15) is 17.3 Å². The van der Waals surface area contributed by atoms with Gasteiger partial charge >= 0.3 is 0 Å². The summed E-state index contributed by atoms with van der Waals surface area (Å²) in [7, 11) is 1.50. The molecule has 0 saturated carbocycles. The second kappa shape index (κ2) is 6.65. The molecule has 0 unspecified atom stereocenters. The maximum atomic E-state index is 12.4. The fraction of sp³-hybridized carbons (Fsp3) is 0.188. The minimum atomic E-state index is -0.321. The van der Waals surface area contributed by atoms with E-state index in [9.17, 15) is 4.79 Å². The van der Waals surface area contributed by atoms with Gasteiger partial charge in [0.15, 0.2) is 0 Å². The molecule has 0 aliphatic rings. The van der Waals surface area contributed by atoms with Crippen LogP contribution in [0.2, 0.25) is 0 Å². The lowest BCUT2D eigenvalue weighted by Gasteiger charge is -2.12. The second-order valence-electron chi connectivity index (χ2n) is 4.34. The molecule has 0 heterocycles. The topological polar surface area (TPSA) is 73.6 Å². The van der Waals surface area contributed by atoms with Gasteiger partial charge in [-0.3, -0.25) is 4.79 Å². The lowest BCUT2D eigenvalue weighted by Crippen LogP contribution is -2.15. The van der Waals surface area contributed by atoms with Crippen LogP contribution >= 0.6 is 0 Å². The van der Waals surface area contributed by atoms with E-state index in [1.54, 1.807) is 30.3 Å². The van der Waals surface area contributed by atoms with E-state index < -0.39 is 0 Å². The van der Waals surface area contributed by atoms with E-state index in [0.717, 1.165) is 0 Å². The van der Waals surface area contributed by atoms with Crippen LogP contribution in [0.4, 0.5) is 11.4 Å². The molecule has 0 aromatic heterocycles. The Morgan fingerprint density at radius 2 is 2.00 bits per heavy atom. The average Bonchev–Trinajstić information content (AvgIpc) is 2.47. The number of nitrogen functional groups attached to an aromatic ring is 1. The number of methoxy groups -OCH3 is 1. The molecule has 2 rings (SSSR count). The molecule has 0 atom stereocenters. The molecule has 110 valence electrons. The number of hydrogen-bond acceptors (Lipinski definition) is 4. The summed E-state index contributed by atoms with van der Waals surface area (Å²) >= 11 is 0. The maximum absolute atomic E-state index is 12.4. The fourth-order valence-electron chi connectivity index (χ4n) is 1.99. The smallest absolute Gasteiger partial charge is 0.261 e. The molecular weight excluding hydrogens is 268 g/mol. The van der Waals surface area contributed by atoms with Crippen LogP contribution in [0.15, 0.2) is 42.5 Å². The maximum Gasteiger partial charge on any atom is 0.261 e. The monoisotopic (exact) mass is 286 g/mol. The minimum Gasteiger partial charge on any atom is -0.496 e. The van der Waals surface area contributed by atoms with Crippen molar-refractivity contribution in [3.63, 3.8) is 0 Å². The van der Waals surface area contributed by atoms with Gasteiger partial charge in [-0.2, -0.15) is 0 Å². The third-order valence-electron chi connectivity index (χ3n) is 2.91. The van der Waals surface area contributed by atoms with Gasteiger partial charge in [0.05, 0.1) is 13.7 Å². The molecule has 0 spiro atoms. The minimum absolute atomic E-state index is 0.321. The van der Waals surface area contributed by atoms with Crippen molar-refractivity contribution in [3.8, 4) is 11.5 Å². The Morgan fingerprint density at radius 3 is 2.71 bits per heavy atom. The molecule has 0 radical (unpaired) electrons. The number of ether oxygens (including phenoxy) is 2. The van der Waals surface area contributed by atoms with Crippen LogP contribution in [0.3, 0.4) is 0 Å². The SMILES string of the molecule is CCOc1cccc(NC(=O)c2c(N)cccc2OC)c1. The third kappa shape index (κ3) is 3.45. The van der Waals surface area contributed by atoms with Crippen LogP contribution in [-0.2, 0) is 0 Å². The summed E-state index contributed by atoms with van der Waals surface area (Å²) in [5, 5.41) is 2.79. The predicted molar refractivity (Wildman–Crippen MR) is 83.0 cm³/mol. The van der Waals surface area contributed by atoms with Crippen molar-refractivity contribution in [1.29, 1.82) is 0 Å². The first-order chi connectivity index (χ1) is 10.2. The Morgan fingerprint density at radius 1 is 1.24 bits per heavy atom. The normalized spacial score (nSPS) is 10.0. The highest BCUT2D eigenvalue weighted by Crippen LogP contribution is 2.26. The van der Waals surface area contributed by atoms with E-state index in [1.807, 2.05) is 19.1 Å². The van der Waals surface area contributed by atoms with E-state index in [1.165, 1.54) is 7.11 Å². The highest BCUT2D eigenvalue weighted by atomic mass is 16.5. The van der Waals surface area contributed by atoms with Gasteiger partial charge in [0, 0.05) is 17.4 Å². The van der Waals surface area contributed by atoms with E-state index in [-0.39, 0.29) is 5.91 Å². The van der Waals surface area contributed by atoms with Crippen molar-refractivity contribution in [1.82, 2.24) is 0 Å². The molecule has 5 heteroatoms. The van der Waals surface area contributed by atoms with Crippen LogP contribution in [0.25, 0.3) is 0 Å². The van der Waals surface area contributed by atoms with Crippen LogP contribution in [-0.4, -0.2) is 19.6 Å². The lowest BCUT2D eigenvalue weighted by molar-refractivity contribution is 0.102. The molecule has 0 saturated heterocycles. The summed E-state index contributed by atoms with van der Waals surface area (Å²) in [4.78, 5) is 12.4. The Balaban J connectivity index is 2.24. The van der Waals surface area contributed by atoms with Gasteiger partial charge in [0.1, 0.15) is 17.1 Å². The number of benzene rings is 2. The molecule has 0 bridgehead atoms. The zero-order valence-corrected chi connectivity index (χ0v) is 12.1. The third-order valence-corrected chi connectivity index (χ3v) is 2.91. The van der Waals surface area contributed by atoms with Crippen molar-refractivity contribution in [2.75, 3.05) is 24.8 Å². The standard InChI is InChI=1S/C16H18N2O3/c1-3-21-12-7-4-6-11(10-12)18-16(19)15-13(17)8-5-9-14(15)20-2/h4-10H,3,17H2,1-2H3,(H,18,19). The summed E-state index contributed by atoms with van der Waals surface area (Å²) in [6.45, 7) is 2.47. The molecule has 1 amide bonds. The van der Waals surface area contributed by atoms with Gasteiger partial charge in [-0.05, 0) is 31.2 Å². The zero-order chi connectivity index (χ0) is 15.2. The van der Waals surface area contributed by atoms with Crippen molar-refractivity contribution in [3.05, 3.63) is 48.0 Å². The number of amides is 1. The molecule has 21 heavy (non-hydrogen) atoms. The van der Waals surface area contributed by atoms with Crippen molar-refractivity contribution < 1.29 is 14.3 Å². The van der Waals surface area contributed by atoms with Gasteiger partial charge in [-0.15, -0.1) is 0 Å². The Kier molecular flexibility index (Phi) is 4.66. The van der Waals surface area contributed by atoms with Crippen LogP contribution in [0, 0.1) is 0 Å². The first kappa shape index (κ1) is 14.7. The molecule has 0 aliphatic heterocycles. The number of carbonyl (C=O) groups excluding carboxylic acids is 1. The van der Waals surface area contributed by atoms with Crippen LogP contribution < -0.4 is 20.5 Å². The number of rotatable bonds is 5. The molecule has 0 fully saturated rings. The number of nitrogens with one attached hydrogen (secondary N) is 1. The summed E-state index contributed by atoms with van der Waals surface area (Å²) in [6, 6.07) is 12.3. The number of nitrogens with two attached hydrogens (primary N) is 1. The summed E-state index contributed by atoms with van der Waals surface area (Å²) in [5.74, 6) is 0.815. The Labute approximate surface area is 123 Å². The van der Waals surface area contributed by atoms with E-state index in [2.05, 4.69) is 5.32 Å². The Hall–Kier alpha value is -2.69. The molecule has 5 nitrogen and oxygen atoms in total. The zero-order valence-electron chi connectivity index (χ0n) is 12.1. The number of hydrogen-bond donors (Lipinski definition) is 2. The van der Waals surface area contributed by atoms with E-state index in [4.69, 9.17) is 15.2 Å². The van der Waals surface area contributed by atoms with Crippen LogP contribution in [0.5, 0.6) is 11.5 Å². The number of anilines is 2. The van der Waals surface area contributed by atoms with Crippen molar-refractivity contribution in [2.45, 2.75) is 6.92 Å². The van der Waals surface area contributed by atoms with Crippen molar-refractivity contribution >= 4 is 17.3 Å². The molecule has 0 aliphatic carbocycles. The predicted octanol–water partition coefficient (Wildman–Crippen LogP) is 2.93. The summed E-state index contributed by atoms with van der Waals surface area (Å²) < 4.78 is 10.6. The molecule has 2 aromatic rings. The average molecular weight is 286 g/mol. The van der Waals surface area contributed by atoms with Gasteiger partial charge in [-0.1, -0.05) is 12.1 Å². The second-order valence-corrected chi connectivity index (χ2v) is 4.34. The van der Waals surface area contributed by atoms with Gasteiger partial charge < -0.3 is 20.5 Å². The van der Waals surface area contributed by atoms with E-state index >= 15 is 0 Å². The highest BCUT2D eigenvalue weighted by molar-refractivity contribution is 6.09. The largest absolute Gasteiger partial charge is 0.496 e.